The predicted octanol–water partition coefficient (Wildman–Crippen LogP) is 8.08. The first-order chi connectivity index (χ1) is 17.5. The quantitative estimate of drug-likeness (QED) is 0.250. The molecule has 1 aliphatic carbocycles. The van der Waals surface area contributed by atoms with Gasteiger partial charge >= 0.3 is 6.09 Å². The van der Waals surface area contributed by atoms with Crippen LogP contribution in [0.5, 0.6) is 0 Å². The largest absolute Gasteiger partial charge is 0.453 e. The zero-order valence-electron chi connectivity index (χ0n) is 19.4. The fraction of sp³-hybridized carbons (Fsp3) is 0.138. The number of aliphatic hydroxyl groups excluding tert-OH is 1. The number of methoxy groups -OCH3 is 1. The van der Waals surface area contributed by atoms with Gasteiger partial charge in [0.25, 0.3) is 0 Å². The minimum atomic E-state index is -0.416. The van der Waals surface area contributed by atoms with Gasteiger partial charge in [0, 0.05) is 14.3 Å². The van der Waals surface area contributed by atoms with Crippen molar-refractivity contribution in [1.29, 1.82) is 0 Å². The van der Waals surface area contributed by atoms with Gasteiger partial charge in [-0.3, -0.25) is 4.90 Å². The molecule has 1 amide bonds. The van der Waals surface area contributed by atoms with Gasteiger partial charge in [0.15, 0.2) is 0 Å². The highest BCUT2D eigenvalue weighted by Crippen LogP contribution is 2.47. The Morgan fingerprint density at radius 2 is 1.64 bits per heavy atom. The van der Waals surface area contributed by atoms with Crippen LogP contribution in [0, 0.1) is 0 Å². The highest BCUT2D eigenvalue weighted by atomic mass is 79.9. The number of hydrogen-bond donors (Lipinski definition) is 1. The van der Waals surface area contributed by atoms with E-state index in [-0.39, 0.29) is 12.6 Å². The summed E-state index contributed by atoms with van der Waals surface area (Å²) in [5, 5.41) is 10.5. The van der Waals surface area contributed by atoms with E-state index in [4.69, 9.17) is 16.3 Å². The Hall–Kier alpha value is -2.77. The van der Waals surface area contributed by atoms with E-state index in [0.29, 0.717) is 11.6 Å². The molecule has 0 heterocycles. The molecule has 4 aromatic carbocycles. The molecule has 0 bridgehead atoms. The lowest BCUT2D eigenvalue weighted by molar-refractivity contribution is 0.109. The van der Waals surface area contributed by atoms with Crippen molar-refractivity contribution in [2.45, 2.75) is 29.0 Å². The first-order valence-corrected chi connectivity index (χ1v) is 13.4. The van der Waals surface area contributed by atoms with Crippen LogP contribution in [0.25, 0.3) is 11.1 Å². The normalized spacial score (nSPS) is 12.2. The van der Waals surface area contributed by atoms with Gasteiger partial charge in [0.1, 0.15) is 0 Å². The Morgan fingerprint density at radius 1 is 0.972 bits per heavy atom. The monoisotopic (exact) mass is 579 g/mol. The second kappa shape index (κ2) is 10.7. The van der Waals surface area contributed by atoms with Crippen molar-refractivity contribution in [3.63, 3.8) is 0 Å². The highest BCUT2D eigenvalue weighted by molar-refractivity contribution is 9.10. The van der Waals surface area contributed by atoms with Crippen LogP contribution in [0.3, 0.4) is 0 Å². The standard InChI is InChI=1S/C29H23BrClNO3S/c1-35-29(34)32(27-23-10-4-2-8-21(23)22-9-3-5-11-24(22)27)16-18-7-6-12-25(31)28(18)36-26-15-20(30)14-13-19(26)17-33/h2-15,27,33H,16-17H2,1H3. The molecule has 5 rings (SSSR count). The van der Waals surface area contributed by atoms with Crippen LogP contribution < -0.4 is 0 Å². The zero-order valence-corrected chi connectivity index (χ0v) is 22.6. The number of benzene rings is 4. The van der Waals surface area contributed by atoms with Gasteiger partial charge in [-0.05, 0) is 51.6 Å². The number of carbonyl (C=O) groups excluding carboxylic acids is 1. The average Bonchev–Trinajstić information content (AvgIpc) is 3.23. The number of aliphatic hydroxyl groups is 1. The maximum absolute atomic E-state index is 13.2. The third-order valence-corrected chi connectivity index (χ3v) is 8.53. The van der Waals surface area contributed by atoms with Crippen LogP contribution in [0.2, 0.25) is 5.02 Å². The van der Waals surface area contributed by atoms with Gasteiger partial charge in [-0.15, -0.1) is 0 Å². The van der Waals surface area contributed by atoms with E-state index >= 15 is 0 Å². The predicted molar refractivity (Wildman–Crippen MR) is 147 cm³/mol. The van der Waals surface area contributed by atoms with E-state index in [1.165, 1.54) is 18.9 Å². The molecule has 36 heavy (non-hydrogen) atoms. The number of nitrogens with zero attached hydrogens (tertiary/aromatic N) is 1. The number of amides is 1. The van der Waals surface area contributed by atoms with Crippen LogP contribution >= 0.6 is 39.3 Å². The molecule has 182 valence electrons. The van der Waals surface area contributed by atoms with Crippen molar-refractivity contribution < 1.29 is 14.6 Å². The molecule has 4 nitrogen and oxygen atoms in total. The average molecular weight is 581 g/mol. The first kappa shape index (κ1) is 24.9. The van der Waals surface area contributed by atoms with Crippen LogP contribution in [0.4, 0.5) is 4.79 Å². The van der Waals surface area contributed by atoms with Crippen molar-refractivity contribution in [3.05, 3.63) is 117 Å². The Bertz CT molecular complexity index is 1400. The fourth-order valence-corrected chi connectivity index (χ4v) is 6.60. The molecule has 0 atom stereocenters. The zero-order chi connectivity index (χ0) is 25.2. The lowest BCUT2D eigenvalue weighted by Crippen LogP contribution is -2.34. The van der Waals surface area contributed by atoms with Crippen LogP contribution in [-0.4, -0.2) is 23.2 Å². The van der Waals surface area contributed by atoms with E-state index in [1.807, 2.05) is 60.7 Å². The van der Waals surface area contributed by atoms with Gasteiger partial charge in [0.2, 0.25) is 0 Å². The second-order valence-electron chi connectivity index (χ2n) is 8.42. The summed E-state index contributed by atoms with van der Waals surface area (Å²) in [7, 11) is 1.41. The summed E-state index contributed by atoms with van der Waals surface area (Å²) in [6.07, 6.45) is -0.416. The number of halogens is 2. The molecule has 1 N–H and O–H groups in total. The minimum absolute atomic E-state index is 0.0840. The van der Waals surface area contributed by atoms with Crippen molar-refractivity contribution >= 4 is 45.4 Å². The molecule has 1 aliphatic rings. The van der Waals surface area contributed by atoms with Gasteiger partial charge in [-0.25, -0.2) is 4.79 Å². The fourth-order valence-electron chi connectivity index (χ4n) is 4.68. The third-order valence-electron chi connectivity index (χ3n) is 6.32. The van der Waals surface area contributed by atoms with E-state index in [0.717, 1.165) is 47.6 Å². The maximum atomic E-state index is 13.2. The summed E-state index contributed by atoms with van der Waals surface area (Å²) in [5.41, 5.74) is 6.06. The molecule has 0 spiro atoms. The first-order valence-electron chi connectivity index (χ1n) is 11.4. The van der Waals surface area contributed by atoms with E-state index < -0.39 is 6.09 Å². The Kier molecular flexibility index (Phi) is 7.39. The van der Waals surface area contributed by atoms with Gasteiger partial charge in [-0.2, -0.15) is 0 Å². The summed E-state index contributed by atoms with van der Waals surface area (Å²) >= 11 is 11.7. The van der Waals surface area contributed by atoms with Crippen molar-refractivity contribution in [2.75, 3.05) is 7.11 Å². The summed E-state index contributed by atoms with van der Waals surface area (Å²) in [6.45, 7) is 0.213. The van der Waals surface area contributed by atoms with E-state index in [2.05, 4.69) is 40.2 Å². The van der Waals surface area contributed by atoms with Crippen LogP contribution in [0.15, 0.2) is 99.2 Å². The topological polar surface area (TPSA) is 49.8 Å². The van der Waals surface area contributed by atoms with E-state index in [1.54, 1.807) is 4.90 Å². The summed E-state index contributed by atoms with van der Waals surface area (Å²) in [5.74, 6) is 0. The minimum Gasteiger partial charge on any atom is -0.453 e. The number of carbonyl (C=O) groups is 1. The summed E-state index contributed by atoms with van der Waals surface area (Å²) in [4.78, 5) is 16.7. The maximum Gasteiger partial charge on any atom is 0.410 e. The van der Waals surface area contributed by atoms with Crippen molar-refractivity contribution in [1.82, 2.24) is 4.90 Å². The molecule has 0 radical (unpaired) electrons. The van der Waals surface area contributed by atoms with E-state index in [9.17, 15) is 9.90 Å². The van der Waals surface area contributed by atoms with Crippen molar-refractivity contribution in [2.24, 2.45) is 0 Å². The second-order valence-corrected chi connectivity index (χ2v) is 10.8. The number of rotatable bonds is 6. The Morgan fingerprint density at radius 3 is 2.28 bits per heavy atom. The van der Waals surface area contributed by atoms with Gasteiger partial charge in [0.05, 0.1) is 31.3 Å². The molecular weight excluding hydrogens is 558 g/mol. The van der Waals surface area contributed by atoms with Gasteiger partial charge < -0.3 is 9.84 Å². The SMILES string of the molecule is COC(=O)N(Cc1cccc(Cl)c1Sc1cc(Br)ccc1CO)C1c2ccccc2-c2ccccc21. The van der Waals surface area contributed by atoms with Crippen molar-refractivity contribution in [3.8, 4) is 11.1 Å². The Balaban J connectivity index is 1.58. The lowest BCUT2D eigenvalue weighted by Gasteiger charge is -2.30. The number of hydrogen-bond acceptors (Lipinski definition) is 4. The molecule has 0 aromatic heterocycles. The molecule has 0 aliphatic heterocycles. The van der Waals surface area contributed by atoms with Crippen LogP contribution in [-0.2, 0) is 17.9 Å². The lowest BCUT2D eigenvalue weighted by atomic mass is 10.0. The Labute approximate surface area is 228 Å². The number of fused-ring (bicyclic) bond motifs is 3. The smallest absolute Gasteiger partial charge is 0.410 e. The summed E-state index contributed by atoms with van der Waals surface area (Å²) in [6, 6.07) is 27.5. The number of ether oxygens (including phenoxy) is 1. The van der Waals surface area contributed by atoms with Crippen LogP contribution in [0.1, 0.15) is 28.3 Å². The third kappa shape index (κ3) is 4.66. The highest BCUT2D eigenvalue weighted by Gasteiger charge is 2.36. The summed E-state index contributed by atoms with van der Waals surface area (Å²) < 4.78 is 6.18. The van der Waals surface area contributed by atoms with Gasteiger partial charge in [-0.1, -0.05) is 106 Å². The molecule has 4 aromatic rings. The molecule has 0 saturated carbocycles. The molecule has 0 fully saturated rings. The molecule has 0 saturated heterocycles. The molecule has 0 unspecified atom stereocenters. The molecular formula is C29H23BrClNO3S. The molecule has 7 heteroatoms.